The third kappa shape index (κ3) is 6.76. The maximum Gasteiger partial charge on any atom is 0.410 e. The molecule has 11 heteroatoms. The van der Waals surface area contributed by atoms with Crippen molar-refractivity contribution in [2.75, 3.05) is 56.2 Å². The van der Waals surface area contributed by atoms with E-state index >= 15 is 0 Å². The number of carbonyl (C=O) groups is 1. The molecule has 0 spiro atoms. The first kappa shape index (κ1) is 32.7. The van der Waals surface area contributed by atoms with Gasteiger partial charge in [0, 0.05) is 61.0 Å². The highest BCUT2D eigenvalue weighted by Crippen LogP contribution is 2.40. The lowest BCUT2D eigenvalue weighted by atomic mass is 9.94. The van der Waals surface area contributed by atoms with Crippen LogP contribution in [0.5, 0.6) is 5.88 Å². The number of hydrogen-bond donors (Lipinski definition) is 0. The van der Waals surface area contributed by atoms with E-state index in [1.54, 1.807) is 4.90 Å². The van der Waals surface area contributed by atoms with Crippen molar-refractivity contribution < 1.29 is 14.3 Å². The third-order valence-electron chi connectivity index (χ3n) is 9.44. The number of likely N-dealkylation sites (tertiary alicyclic amines) is 1. The van der Waals surface area contributed by atoms with Gasteiger partial charge in [0.15, 0.2) is 0 Å². The molecule has 246 valence electrons. The second-order valence-corrected chi connectivity index (χ2v) is 14.1. The maximum absolute atomic E-state index is 13.1. The smallest absolute Gasteiger partial charge is 0.410 e. The Hall–Kier alpha value is -4.25. The van der Waals surface area contributed by atoms with E-state index in [0.717, 1.165) is 52.8 Å². The third-order valence-corrected chi connectivity index (χ3v) is 9.76. The lowest BCUT2D eigenvalue weighted by Gasteiger charge is -2.43. The van der Waals surface area contributed by atoms with E-state index in [4.69, 9.17) is 26.1 Å². The van der Waals surface area contributed by atoms with E-state index < -0.39 is 11.7 Å². The predicted octanol–water partition coefficient (Wildman–Crippen LogP) is 6.13. The van der Waals surface area contributed by atoms with Crippen LogP contribution in [-0.2, 0) is 17.7 Å². The summed E-state index contributed by atoms with van der Waals surface area (Å²) in [6.07, 6.45) is 2.56. The van der Waals surface area contributed by atoms with Crippen LogP contribution in [0.3, 0.4) is 0 Å². The summed E-state index contributed by atoms with van der Waals surface area (Å²) in [7, 11) is 2.10. The second-order valence-electron chi connectivity index (χ2n) is 13.7. The van der Waals surface area contributed by atoms with Crippen LogP contribution in [0.25, 0.3) is 10.8 Å². The first-order valence-corrected chi connectivity index (χ1v) is 16.8. The highest BCUT2D eigenvalue weighted by Gasteiger charge is 2.37. The van der Waals surface area contributed by atoms with Gasteiger partial charge in [0.25, 0.3) is 0 Å². The molecule has 4 heterocycles. The van der Waals surface area contributed by atoms with Crippen LogP contribution in [0.15, 0.2) is 36.4 Å². The summed E-state index contributed by atoms with van der Waals surface area (Å²) in [5.41, 5.74) is 2.75. The summed E-state index contributed by atoms with van der Waals surface area (Å²) in [5, 5.41) is 23.0. The molecular weight excluding hydrogens is 614 g/mol. The molecule has 0 saturated carbocycles. The van der Waals surface area contributed by atoms with E-state index in [2.05, 4.69) is 52.1 Å². The summed E-state index contributed by atoms with van der Waals surface area (Å²) in [6.45, 7) is 9.53. The molecular formula is C36H42ClN7O3. The average Bonchev–Trinajstić information content (AvgIpc) is 3.46. The van der Waals surface area contributed by atoms with Crippen molar-refractivity contribution in [3.63, 3.8) is 0 Å². The molecule has 0 bridgehead atoms. The number of likely N-dealkylation sites (N-methyl/N-ethyl adjacent to an activating group) is 1. The Morgan fingerprint density at radius 1 is 1.04 bits per heavy atom. The maximum atomic E-state index is 13.1. The minimum absolute atomic E-state index is 0.168. The SMILES string of the molecule is CN1CCC[C@H]1COc1nc(N2CCN(C(=O)OC(C)(C)C)C(CC#N)C2)c2c(c1C#N)CN(c1cccc3cccc(Cl)c13)CC2. The van der Waals surface area contributed by atoms with Gasteiger partial charge in [-0.15, -0.1) is 0 Å². The summed E-state index contributed by atoms with van der Waals surface area (Å²) >= 11 is 6.74. The number of pyridine rings is 1. The molecule has 2 saturated heterocycles. The molecule has 1 unspecified atom stereocenters. The molecule has 0 aliphatic carbocycles. The number of nitrogens with zero attached hydrogens (tertiary/aromatic N) is 7. The fourth-order valence-corrected chi connectivity index (χ4v) is 7.35. The number of fused-ring (bicyclic) bond motifs is 2. The quantitative estimate of drug-likeness (QED) is 0.310. The molecule has 1 aromatic heterocycles. The van der Waals surface area contributed by atoms with Crippen molar-refractivity contribution >= 4 is 40.0 Å². The summed E-state index contributed by atoms with van der Waals surface area (Å²) in [5.74, 6) is 1.10. The van der Waals surface area contributed by atoms with Crippen LogP contribution < -0.4 is 14.5 Å². The molecule has 2 atom stereocenters. The highest BCUT2D eigenvalue weighted by atomic mass is 35.5. The van der Waals surface area contributed by atoms with Crippen molar-refractivity contribution in [3.8, 4) is 18.0 Å². The van der Waals surface area contributed by atoms with Gasteiger partial charge in [0.1, 0.15) is 29.7 Å². The summed E-state index contributed by atoms with van der Waals surface area (Å²) < 4.78 is 12.1. The van der Waals surface area contributed by atoms with E-state index in [1.807, 2.05) is 39.0 Å². The van der Waals surface area contributed by atoms with E-state index in [9.17, 15) is 15.3 Å². The monoisotopic (exact) mass is 655 g/mol. The van der Waals surface area contributed by atoms with Gasteiger partial charge in [-0.05, 0) is 71.1 Å². The zero-order valence-corrected chi connectivity index (χ0v) is 28.4. The van der Waals surface area contributed by atoms with Crippen LogP contribution >= 0.6 is 11.6 Å². The van der Waals surface area contributed by atoms with E-state index in [1.165, 1.54) is 0 Å². The van der Waals surface area contributed by atoms with Crippen molar-refractivity contribution in [2.24, 2.45) is 0 Å². The molecule has 3 aliphatic heterocycles. The normalized spacial score (nSPS) is 20.1. The minimum Gasteiger partial charge on any atom is -0.475 e. The standard InChI is InChI=1S/C36H42ClN7O3/c1-36(2,3)47-35(45)44-19-18-43(21-25(44)13-15-38)33-27-14-17-42(31-12-6-9-24-8-5-11-30(37)32(24)31)22-29(27)28(20-39)34(40-33)46-23-26-10-7-16-41(26)4/h5-6,8-9,11-12,25-26H,7,10,13-14,16-19,21-23H2,1-4H3/t25?,26-/m0/s1. The fraction of sp³-hybridized carbons (Fsp3) is 0.500. The number of ether oxygens (including phenoxy) is 2. The number of hydrogen-bond acceptors (Lipinski definition) is 9. The minimum atomic E-state index is -0.640. The molecule has 2 aromatic carbocycles. The largest absolute Gasteiger partial charge is 0.475 e. The van der Waals surface area contributed by atoms with Crippen molar-refractivity contribution in [1.82, 2.24) is 14.8 Å². The first-order valence-electron chi connectivity index (χ1n) is 16.4. The van der Waals surface area contributed by atoms with Crippen LogP contribution in [0.2, 0.25) is 5.02 Å². The van der Waals surface area contributed by atoms with Gasteiger partial charge >= 0.3 is 6.09 Å². The number of halogens is 1. The Labute approximate surface area is 282 Å². The lowest BCUT2D eigenvalue weighted by Crippen LogP contribution is -2.56. The molecule has 2 fully saturated rings. The van der Waals surface area contributed by atoms with Crippen molar-refractivity contribution in [2.45, 2.75) is 70.7 Å². The summed E-state index contributed by atoms with van der Waals surface area (Å²) in [6, 6.07) is 16.7. The van der Waals surface area contributed by atoms with Crippen LogP contribution in [0.1, 0.15) is 56.7 Å². The Morgan fingerprint density at radius 2 is 1.83 bits per heavy atom. The predicted molar refractivity (Wildman–Crippen MR) is 183 cm³/mol. The number of anilines is 2. The van der Waals surface area contributed by atoms with E-state index in [-0.39, 0.29) is 18.5 Å². The molecule has 3 aliphatic rings. The van der Waals surface area contributed by atoms with Gasteiger partial charge in [-0.3, -0.25) is 0 Å². The van der Waals surface area contributed by atoms with Gasteiger partial charge in [-0.2, -0.15) is 15.5 Å². The van der Waals surface area contributed by atoms with Gasteiger partial charge in [-0.25, -0.2) is 4.79 Å². The molecule has 1 amide bonds. The van der Waals surface area contributed by atoms with Crippen molar-refractivity contribution in [3.05, 3.63) is 58.1 Å². The van der Waals surface area contributed by atoms with Crippen LogP contribution in [-0.4, -0.2) is 84.9 Å². The number of aromatic nitrogens is 1. The number of piperazine rings is 1. The van der Waals surface area contributed by atoms with Gasteiger partial charge < -0.3 is 29.1 Å². The summed E-state index contributed by atoms with van der Waals surface area (Å²) in [4.78, 5) is 26.6. The zero-order valence-electron chi connectivity index (χ0n) is 27.6. The van der Waals surface area contributed by atoms with Crippen molar-refractivity contribution in [1.29, 1.82) is 10.5 Å². The number of nitriles is 2. The molecule has 3 aromatic rings. The number of benzene rings is 2. The lowest BCUT2D eigenvalue weighted by molar-refractivity contribution is 0.0144. The average molecular weight is 656 g/mol. The number of amides is 1. The second kappa shape index (κ2) is 13.5. The zero-order chi connectivity index (χ0) is 33.3. The number of carbonyl (C=O) groups excluding carboxylic acids is 1. The Balaban J connectivity index is 1.38. The Kier molecular flexibility index (Phi) is 9.36. The molecule has 0 radical (unpaired) electrons. The molecule has 10 nitrogen and oxygen atoms in total. The van der Waals surface area contributed by atoms with Crippen LogP contribution in [0.4, 0.5) is 16.3 Å². The molecule has 47 heavy (non-hydrogen) atoms. The number of rotatable bonds is 6. The van der Waals surface area contributed by atoms with Gasteiger partial charge in [-0.1, -0.05) is 35.9 Å². The topological polar surface area (TPSA) is 109 Å². The fourth-order valence-electron chi connectivity index (χ4n) is 7.07. The Morgan fingerprint density at radius 3 is 2.53 bits per heavy atom. The Bertz CT molecular complexity index is 1740. The van der Waals surface area contributed by atoms with Gasteiger partial charge in [0.2, 0.25) is 5.88 Å². The van der Waals surface area contributed by atoms with E-state index in [0.29, 0.717) is 62.2 Å². The first-order chi connectivity index (χ1) is 22.6. The highest BCUT2D eigenvalue weighted by molar-refractivity contribution is 6.36. The molecule has 0 N–H and O–H groups in total. The molecule has 6 rings (SSSR count). The van der Waals surface area contributed by atoms with Gasteiger partial charge in [0.05, 0.1) is 23.6 Å². The van der Waals surface area contributed by atoms with Crippen LogP contribution in [0, 0.1) is 22.7 Å².